The minimum Gasteiger partial charge on any atom is -0.454 e. The molecule has 2 aromatic heterocycles. The number of furan rings is 1. The van der Waals surface area contributed by atoms with E-state index in [1.165, 1.54) is 16.7 Å². The summed E-state index contributed by atoms with van der Waals surface area (Å²) in [6.07, 6.45) is 1.64. The highest BCUT2D eigenvalue weighted by molar-refractivity contribution is 6.02. The van der Waals surface area contributed by atoms with E-state index in [0.717, 1.165) is 0 Å². The zero-order chi connectivity index (χ0) is 18.5. The molecule has 0 saturated carbocycles. The van der Waals surface area contributed by atoms with Gasteiger partial charge in [0, 0.05) is 23.6 Å². The first kappa shape index (κ1) is 17.0. The quantitative estimate of drug-likeness (QED) is 0.652. The van der Waals surface area contributed by atoms with Crippen LogP contribution in [-0.4, -0.2) is 16.5 Å². The number of aromatic nitrogens is 1. The van der Waals surface area contributed by atoms with E-state index in [9.17, 15) is 14.4 Å². The predicted molar refractivity (Wildman–Crippen MR) is 96.1 cm³/mol. The lowest BCUT2D eigenvalue weighted by atomic mass is 10.2. The van der Waals surface area contributed by atoms with E-state index < -0.39 is 11.9 Å². The van der Waals surface area contributed by atoms with E-state index in [-0.39, 0.29) is 17.9 Å². The van der Waals surface area contributed by atoms with Crippen LogP contribution < -0.4 is 21.9 Å². The van der Waals surface area contributed by atoms with Crippen LogP contribution in [0, 0.1) is 0 Å². The number of carbonyl (C=O) groups is 2. The molecule has 132 valence electrons. The molecule has 0 spiro atoms. The number of hydrogen-bond acceptors (Lipinski definition) is 4. The molecule has 0 atom stereocenters. The van der Waals surface area contributed by atoms with Crippen molar-refractivity contribution >= 4 is 23.3 Å². The number of nitrogens with one attached hydrogen (secondary N) is 2. The lowest BCUT2D eigenvalue weighted by Gasteiger charge is -2.06. The Morgan fingerprint density at radius 1 is 1.00 bits per heavy atom. The number of nitrogens with two attached hydrogens (primary N) is 1. The van der Waals surface area contributed by atoms with Crippen LogP contribution in [0.3, 0.4) is 0 Å². The smallest absolute Gasteiger partial charge is 0.316 e. The second-order valence-corrected chi connectivity index (χ2v) is 5.46. The summed E-state index contributed by atoms with van der Waals surface area (Å²) in [5.74, 6) is 0.137. The van der Waals surface area contributed by atoms with Gasteiger partial charge in [-0.25, -0.2) is 4.79 Å². The van der Waals surface area contributed by atoms with Gasteiger partial charge in [0.1, 0.15) is 5.76 Å². The molecule has 3 rings (SSSR count). The summed E-state index contributed by atoms with van der Waals surface area (Å²) in [6, 6.07) is 13.9. The Morgan fingerprint density at radius 3 is 2.50 bits per heavy atom. The van der Waals surface area contributed by atoms with Gasteiger partial charge < -0.3 is 25.4 Å². The molecule has 0 aliphatic carbocycles. The third-order valence-corrected chi connectivity index (χ3v) is 3.50. The maximum Gasteiger partial charge on any atom is 0.316 e. The number of amides is 3. The Balaban J connectivity index is 1.69. The van der Waals surface area contributed by atoms with Gasteiger partial charge in [0.05, 0.1) is 6.54 Å². The lowest BCUT2D eigenvalue weighted by Crippen LogP contribution is -2.19. The Bertz CT molecular complexity index is 1010. The number of anilines is 2. The average molecular weight is 352 g/mol. The van der Waals surface area contributed by atoms with Crippen molar-refractivity contribution in [2.24, 2.45) is 5.73 Å². The number of pyridine rings is 1. The summed E-state index contributed by atoms with van der Waals surface area (Å²) in [4.78, 5) is 34.9. The highest BCUT2D eigenvalue weighted by atomic mass is 16.4. The molecule has 0 fully saturated rings. The summed E-state index contributed by atoms with van der Waals surface area (Å²) in [5, 5.41) is 5.09. The number of nitrogens with zero attached hydrogens (tertiary/aromatic N) is 1. The molecule has 0 radical (unpaired) electrons. The number of urea groups is 1. The van der Waals surface area contributed by atoms with Gasteiger partial charge in [0.2, 0.25) is 0 Å². The molecule has 0 aliphatic rings. The number of benzene rings is 1. The first-order chi connectivity index (χ1) is 12.5. The van der Waals surface area contributed by atoms with Crippen molar-refractivity contribution < 1.29 is 14.0 Å². The Hall–Kier alpha value is -3.81. The summed E-state index contributed by atoms with van der Waals surface area (Å²) in [5.41, 5.74) is 5.84. The third kappa shape index (κ3) is 4.18. The number of hydrogen-bond donors (Lipinski definition) is 3. The van der Waals surface area contributed by atoms with Crippen LogP contribution in [0.15, 0.2) is 70.0 Å². The van der Waals surface area contributed by atoms with Crippen LogP contribution in [0.25, 0.3) is 0 Å². The van der Waals surface area contributed by atoms with E-state index in [0.29, 0.717) is 17.1 Å². The van der Waals surface area contributed by atoms with Crippen LogP contribution in [0.4, 0.5) is 16.2 Å². The van der Waals surface area contributed by atoms with Crippen LogP contribution in [0.1, 0.15) is 16.3 Å². The molecule has 0 unspecified atom stereocenters. The van der Waals surface area contributed by atoms with Gasteiger partial charge in [-0.3, -0.25) is 9.59 Å². The summed E-state index contributed by atoms with van der Waals surface area (Å²) >= 11 is 0. The fourth-order valence-electron chi connectivity index (χ4n) is 2.35. The minimum absolute atomic E-state index is 0.109. The van der Waals surface area contributed by atoms with Gasteiger partial charge in [0.25, 0.3) is 11.5 Å². The van der Waals surface area contributed by atoms with Crippen molar-refractivity contribution in [1.82, 2.24) is 4.57 Å². The monoisotopic (exact) mass is 352 g/mol. The van der Waals surface area contributed by atoms with E-state index in [1.807, 2.05) is 0 Å². The SMILES string of the molecule is NC(=O)Nc1cccc(NC(=O)c2ccc(Cn3ccccc3=O)o2)c1. The zero-order valence-electron chi connectivity index (χ0n) is 13.6. The molecule has 3 aromatic rings. The van der Waals surface area contributed by atoms with E-state index in [4.69, 9.17) is 10.2 Å². The largest absolute Gasteiger partial charge is 0.454 e. The van der Waals surface area contributed by atoms with Gasteiger partial charge in [0.15, 0.2) is 5.76 Å². The van der Waals surface area contributed by atoms with Gasteiger partial charge in [-0.1, -0.05) is 12.1 Å². The fraction of sp³-hybridized carbons (Fsp3) is 0.0556. The van der Waals surface area contributed by atoms with Crippen molar-refractivity contribution in [2.75, 3.05) is 10.6 Å². The van der Waals surface area contributed by atoms with Gasteiger partial charge >= 0.3 is 6.03 Å². The summed E-state index contributed by atoms with van der Waals surface area (Å²) in [6.45, 7) is 0.227. The molecule has 0 saturated heterocycles. The number of rotatable bonds is 5. The predicted octanol–water partition coefficient (Wildman–Crippen LogP) is 2.23. The van der Waals surface area contributed by atoms with Crippen molar-refractivity contribution in [3.63, 3.8) is 0 Å². The Kier molecular flexibility index (Phi) is 4.84. The van der Waals surface area contributed by atoms with Gasteiger partial charge in [-0.2, -0.15) is 0 Å². The second-order valence-electron chi connectivity index (χ2n) is 5.46. The molecular weight excluding hydrogens is 336 g/mol. The molecule has 8 heteroatoms. The highest BCUT2D eigenvalue weighted by Gasteiger charge is 2.12. The third-order valence-electron chi connectivity index (χ3n) is 3.50. The molecule has 0 bridgehead atoms. The number of primary amides is 1. The molecule has 3 amide bonds. The van der Waals surface area contributed by atoms with E-state index >= 15 is 0 Å². The maximum absolute atomic E-state index is 12.3. The van der Waals surface area contributed by atoms with E-state index in [2.05, 4.69) is 10.6 Å². The first-order valence-corrected chi connectivity index (χ1v) is 7.73. The molecule has 4 N–H and O–H groups in total. The molecular formula is C18H16N4O4. The molecule has 26 heavy (non-hydrogen) atoms. The van der Waals surface area contributed by atoms with Crippen molar-refractivity contribution in [3.8, 4) is 0 Å². The number of carbonyl (C=O) groups excluding carboxylic acids is 2. The molecule has 2 heterocycles. The second kappa shape index (κ2) is 7.39. The van der Waals surface area contributed by atoms with Crippen molar-refractivity contribution in [1.29, 1.82) is 0 Å². The van der Waals surface area contributed by atoms with Crippen LogP contribution in [0.2, 0.25) is 0 Å². The van der Waals surface area contributed by atoms with Crippen molar-refractivity contribution in [3.05, 3.63) is 82.7 Å². The normalized spacial score (nSPS) is 10.3. The molecule has 8 nitrogen and oxygen atoms in total. The first-order valence-electron chi connectivity index (χ1n) is 7.73. The van der Waals surface area contributed by atoms with Crippen LogP contribution >= 0.6 is 0 Å². The van der Waals surface area contributed by atoms with Gasteiger partial charge in [-0.05, 0) is 36.4 Å². The zero-order valence-corrected chi connectivity index (χ0v) is 13.6. The molecule has 0 aliphatic heterocycles. The van der Waals surface area contributed by atoms with Crippen LogP contribution in [0.5, 0.6) is 0 Å². The fourth-order valence-corrected chi connectivity index (χ4v) is 2.35. The lowest BCUT2D eigenvalue weighted by molar-refractivity contribution is 0.0994. The van der Waals surface area contributed by atoms with Gasteiger partial charge in [-0.15, -0.1) is 0 Å². The highest BCUT2D eigenvalue weighted by Crippen LogP contribution is 2.17. The summed E-state index contributed by atoms with van der Waals surface area (Å²) < 4.78 is 6.98. The maximum atomic E-state index is 12.3. The minimum atomic E-state index is -0.694. The van der Waals surface area contributed by atoms with E-state index in [1.54, 1.807) is 48.7 Å². The van der Waals surface area contributed by atoms with Crippen LogP contribution in [-0.2, 0) is 6.54 Å². The summed E-state index contributed by atoms with van der Waals surface area (Å²) in [7, 11) is 0. The average Bonchev–Trinajstić information content (AvgIpc) is 3.05. The molecule has 1 aromatic carbocycles. The Morgan fingerprint density at radius 2 is 1.77 bits per heavy atom. The van der Waals surface area contributed by atoms with Crippen molar-refractivity contribution in [2.45, 2.75) is 6.54 Å². The Labute approximate surface area is 148 Å². The topological polar surface area (TPSA) is 119 Å². The standard InChI is InChI=1S/C18H16N4O4/c19-18(25)21-13-5-3-4-12(10-13)20-17(24)15-8-7-14(26-15)11-22-9-2-1-6-16(22)23/h1-10H,11H2,(H,20,24)(H3,19,21,25).